The van der Waals surface area contributed by atoms with Gasteiger partial charge >= 0.3 is 10.2 Å². The molecule has 0 saturated carbocycles. The normalized spacial score (nSPS) is 17.3. The van der Waals surface area contributed by atoms with Gasteiger partial charge in [0, 0.05) is 25.4 Å². The number of nitrogens with zero attached hydrogens (tertiary/aromatic N) is 1. The standard InChI is InChI=1S/C15H20N2O3S/c1-2-13(14-8-4-3-5-9-14)12-15(18)16-21(19,20)17-10-6-7-11-17/h2-5,8-9,13H,1,6-7,10-12H2,(H,16,18). The van der Waals surface area contributed by atoms with Crippen LogP contribution in [0.1, 0.15) is 30.7 Å². The lowest BCUT2D eigenvalue weighted by atomic mass is 9.96. The highest BCUT2D eigenvalue weighted by Gasteiger charge is 2.27. The van der Waals surface area contributed by atoms with Crippen molar-refractivity contribution in [3.05, 3.63) is 48.6 Å². The highest BCUT2D eigenvalue weighted by molar-refractivity contribution is 7.87. The first-order valence-corrected chi connectivity index (χ1v) is 8.45. The summed E-state index contributed by atoms with van der Waals surface area (Å²) >= 11 is 0. The van der Waals surface area contributed by atoms with E-state index in [1.54, 1.807) is 6.08 Å². The summed E-state index contributed by atoms with van der Waals surface area (Å²) in [4.78, 5) is 12.0. The lowest BCUT2D eigenvalue weighted by Crippen LogP contribution is -2.42. The second-order valence-electron chi connectivity index (χ2n) is 5.09. The molecule has 1 heterocycles. The first-order valence-electron chi connectivity index (χ1n) is 7.01. The smallest absolute Gasteiger partial charge is 0.274 e. The van der Waals surface area contributed by atoms with Crippen LogP contribution in [0, 0.1) is 0 Å². The molecule has 0 aromatic heterocycles. The van der Waals surface area contributed by atoms with Crippen LogP contribution in [0.15, 0.2) is 43.0 Å². The largest absolute Gasteiger partial charge is 0.303 e. The fourth-order valence-electron chi connectivity index (χ4n) is 2.42. The zero-order chi connectivity index (χ0) is 15.3. The van der Waals surface area contributed by atoms with Crippen LogP contribution in [0.3, 0.4) is 0 Å². The van der Waals surface area contributed by atoms with E-state index in [4.69, 9.17) is 0 Å². The summed E-state index contributed by atoms with van der Waals surface area (Å²) in [6.45, 7) is 4.68. The molecule has 1 fully saturated rings. The van der Waals surface area contributed by atoms with Gasteiger partial charge < -0.3 is 0 Å². The maximum absolute atomic E-state index is 12.0. The molecule has 1 aliphatic rings. The molecule has 1 aliphatic heterocycles. The van der Waals surface area contributed by atoms with E-state index >= 15 is 0 Å². The summed E-state index contributed by atoms with van der Waals surface area (Å²) < 4.78 is 27.5. The van der Waals surface area contributed by atoms with Gasteiger partial charge in [-0.2, -0.15) is 12.7 Å². The molecule has 1 aromatic rings. The molecule has 21 heavy (non-hydrogen) atoms. The van der Waals surface area contributed by atoms with E-state index in [0.29, 0.717) is 13.1 Å². The lowest BCUT2D eigenvalue weighted by Gasteiger charge is -2.17. The Hall–Kier alpha value is -1.66. The minimum atomic E-state index is -3.70. The zero-order valence-electron chi connectivity index (χ0n) is 11.9. The lowest BCUT2D eigenvalue weighted by molar-refractivity contribution is -0.119. The van der Waals surface area contributed by atoms with Crippen LogP contribution < -0.4 is 4.72 Å². The van der Waals surface area contributed by atoms with E-state index in [-0.39, 0.29) is 12.3 Å². The molecule has 1 amide bonds. The highest BCUT2D eigenvalue weighted by atomic mass is 32.2. The predicted molar refractivity (Wildman–Crippen MR) is 81.9 cm³/mol. The number of allylic oxidation sites excluding steroid dienone is 1. The fourth-order valence-corrected chi connectivity index (χ4v) is 3.65. The van der Waals surface area contributed by atoms with Crippen molar-refractivity contribution < 1.29 is 13.2 Å². The molecule has 1 N–H and O–H groups in total. The van der Waals surface area contributed by atoms with Crippen molar-refractivity contribution in [2.75, 3.05) is 13.1 Å². The summed E-state index contributed by atoms with van der Waals surface area (Å²) in [6, 6.07) is 9.44. The van der Waals surface area contributed by atoms with Crippen LogP contribution in [0.25, 0.3) is 0 Å². The number of carbonyl (C=O) groups excluding carboxylic acids is 1. The third kappa shape index (κ3) is 4.15. The molecule has 2 rings (SSSR count). The second-order valence-corrected chi connectivity index (χ2v) is 6.76. The van der Waals surface area contributed by atoms with Crippen molar-refractivity contribution in [1.82, 2.24) is 9.03 Å². The van der Waals surface area contributed by atoms with Gasteiger partial charge in [-0.15, -0.1) is 6.58 Å². The van der Waals surface area contributed by atoms with Gasteiger partial charge in [0.05, 0.1) is 0 Å². The molecular formula is C15H20N2O3S. The van der Waals surface area contributed by atoms with E-state index in [9.17, 15) is 13.2 Å². The van der Waals surface area contributed by atoms with Gasteiger partial charge in [-0.3, -0.25) is 4.79 Å². The molecule has 1 unspecified atom stereocenters. The summed E-state index contributed by atoms with van der Waals surface area (Å²) in [7, 11) is -3.70. The number of hydrogen-bond acceptors (Lipinski definition) is 3. The van der Waals surface area contributed by atoms with E-state index in [0.717, 1.165) is 18.4 Å². The Morgan fingerprint density at radius 1 is 1.29 bits per heavy atom. The van der Waals surface area contributed by atoms with Crippen molar-refractivity contribution >= 4 is 16.1 Å². The maximum Gasteiger partial charge on any atom is 0.303 e. The van der Waals surface area contributed by atoms with Gasteiger partial charge in [-0.05, 0) is 18.4 Å². The highest BCUT2D eigenvalue weighted by Crippen LogP contribution is 2.20. The number of rotatable bonds is 6. The van der Waals surface area contributed by atoms with E-state index in [2.05, 4.69) is 11.3 Å². The maximum atomic E-state index is 12.0. The van der Waals surface area contributed by atoms with E-state index < -0.39 is 16.1 Å². The van der Waals surface area contributed by atoms with Crippen molar-refractivity contribution in [1.29, 1.82) is 0 Å². The van der Waals surface area contributed by atoms with Crippen molar-refractivity contribution in [2.24, 2.45) is 0 Å². The third-order valence-corrected chi connectivity index (χ3v) is 5.10. The van der Waals surface area contributed by atoms with E-state index in [1.165, 1.54) is 4.31 Å². The SMILES string of the molecule is C=CC(CC(=O)NS(=O)(=O)N1CCCC1)c1ccccc1. The predicted octanol–water partition coefficient (Wildman–Crippen LogP) is 1.80. The minimum absolute atomic E-state index is 0.0700. The van der Waals surface area contributed by atoms with Gasteiger partial charge in [-0.25, -0.2) is 4.72 Å². The van der Waals surface area contributed by atoms with Crippen molar-refractivity contribution in [3.63, 3.8) is 0 Å². The summed E-state index contributed by atoms with van der Waals surface area (Å²) in [6.07, 6.45) is 3.42. The quantitative estimate of drug-likeness (QED) is 0.815. The van der Waals surface area contributed by atoms with Gasteiger partial charge in [-0.1, -0.05) is 36.4 Å². The molecule has 0 spiro atoms. The Labute approximate surface area is 125 Å². The molecule has 5 nitrogen and oxygen atoms in total. The first-order chi connectivity index (χ1) is 10.0. The number of nitrogens with one attached hydrogen (secondary N) is 1. The Morgan fingerprint density at radius 3 is 2.48 bits per heavy atom. The number of benzene rings is 1. The fraction of sp³-hybridized carbons (Fsp3) is 0.400. The molecular weight excluding hydrogens is 288 g/mol. The van der Waals surface area contributed by atoms with Crippen LogP contribution in [0.2, 0.25) is 0 Å². The van der Waals surface area contributed by atoms with Gasteiger partial charge in [0.1, 0.15) is 0 Å². The third-order valence-electron chi connectivity index (χ3n) is 3.57. The topological polar surface area (TPSA) is 66.5 Å². The Kier molecular flexibility index (Phi) is 5.14. The molecule has 114 valence electrons. The Bertz CT molecular complexity index is 593. The molecule has 6 heteroatoms. The molecule has 0 radical (unpaired) electrons. The van der Waals surface area contributed by atoms with Crippen LogP contribution in [-0.4, -0.2) is 31.7 Å². The van der Waals surface area contributed by atoms with Crippen molar-refractivity contribution in [3.8, 4) is 0 Å². The van der Waals surface area contributed by atoms with Gasteiger partial charge in [0.2, 0.25) is 5.91 Å². The van der Waals surface area contributed by atoms with Crippen LogP contribution in [0.5, 0.6) is 0 Å². The Morgan fingerprint density at radius 2 is 1.90 bits per heavy atom. The molecule has 1 saturated heterocycles. The average Bonchev–Trinajstić information content (AvgIpc) is 3.00. The zero-order valence-corrected chi connectivity index (χ0v) is 12.7. The number of amides is 1. The van der Waals surface area contributed by atoms with Gasteiger partial charge in [0.25, 0.3) is 0 Å². The Balaban J connectivity index is 1.99. The molecule has 1 atom stereocenters. The first kappa shape index (κ1) is 15.7. The molecule has 0 aliphatic carbocycles. The number of hydrogen-bond donors (Lipinski definition) is 1. The monoisotopic (exact) mass is 308 g/mol. The summed E-state index contributed by atoms with van der Waals surface area (Å²) in [5, 5.41) is 0. The minimum Gasteiger partial charge on any atom is -0.274 e. The van der Waals surface area contributed by atoms with Crippen LogP contribution >= 0.6 is 0 Å². The summed E-state index contributed by atoms with van der Waals surface area (Å²) in [5.41, 5.74) is 0.946. The van der Waals surface area contributed by atoms with Crippen molar-refractivity contribution in [2.45, 2.75) is 25.2 Å². The van der Waals surface area contributed by atoms with Gasteiger partial charge in [0.15, 0.2) is 0 Å². The molecule has 1 aromatic carbocycles. The molecule has 0 bridgehead atoms. The van der Waals surface area contributed by atoms with Crippen LogP contribution in [-0.2, 0) is 15.0 Å². The summed E-state index contributed by atoms with van der Waals surface area (Å²) in [5.74, 6) is -0.698. The second kappa shape index (κ2) is 6.87. The number of carbonyl (C=O) groups is 1. The average molecular weight is 308 g/mol. The van der Waals surface area contributed by atoms with E-state index in [1.807, 2.05) is 30.3 Å². The van der Waals surface area contributed by atoms with Crippen LogP contribution in [0.4, 0.5) is 0 Å².